The molecule has 13 heavy (non-hydrogen) atoms. The zero-order chi connectivity index (χ0) is 10.7. The van der Waals surface area contributed by atoms with E-state index in [0.717, 1.165) is 6.42 Å². The first kappa shape index (κ1) is 12.6. The molecule has 0 aromatic carbocycles. The van der Waals surface area contributed by atoms with E-state index in [0.29, 0.717) is 12.2 Å². The van der Waals surface area contributed by atoms with Crippen LogP contribution in [-0.2, 0) is 4.79 Å². The molecule has 2 nitrogen and oxygen atoms in total. The maximum absolute atomic E-state index is 11.7. The van der Waals surface area contributed by atoms with E-state index in [4.69, 9.17) is 0 Å². The highest BCUT2D eigenvalue weighted by Crippen LogP contribution is 2.22. The molecule has 0 saturated heterocycles. The lowest BCUT2D eigenvalue weighted by atomic mass is 9.86. The van der Waals surface area contributed by atoms with E-state index in [1.807, 2.05) is 20.9 Å². The Balaban J connectivity index is 4.03. The van der Waals surface area contributed by atoms with Crippen molar-refractivity contribution in [1.29, 1.82) is 0 Å². The van der Waals surface area contributed by atoms with Crippen molar-refractivity contribution in [1.82, 2.24) is 5.32 Å². The third-order valence-corrected chi connectivity index (χ3v) is 2.42. The van der Waals surface area contributed by atoms with Crippen molar-refractivity contribution in [2.24, 2.45) is 5.41 Å². The van der Waals surface area contributed by atoms with Crippen LogP contribution in [-0.4, -0.2) is 18.4 Å². The Kier molecular flexibility index (Phi) is 4.11. The second-order valence-electron chi connectivity index (χ2n) is 5.36. The van der Waals surface area contributed by atoms with Crippen LogP contribution in [0.5, 0.6) is 0 Å². The maximum Gasteiger partial charge on any atom is 0.152 e. The molecule has 0 radical (unpaired) electrons. The number of hydrogen-bond donors (Lipinski definition) is 1. The van der Waals surface area contributed by atoms with E-state index < -0.39 is 0 Å². The molecule has 0 spiro atoms. The maximum atomic E-state index is 11.7. The smallest absolute Gasteiger partial charge is 0.152 e. The largest absolute Gasteiger partial charge is 0.308 e. The highest BCUT2D eigenvalue weighted by Gasteiger charge is 2.25. The third kappa shape index (κ3) is 5.04. The van der Waals surface area contributed by atoms with Crippen molar-refractivity contribution in [2.45, 2.75) is 53.0 Å². The monoisotopic (exact) mass is 185 g/mol. The Hall–Kier alpha value is -0.370. The van der Waals surface area contributed by atoms with Crippen LogP contribution in [0.3, 0.4) is 0 Å². The lowest BCUT2D eigenvalue weighted by molar-refractivity contribution is -0.124. The van der Waals surface area contributed by atoms with E-state index in [-0.39, 0.29) is 11.0 Å². The number of carbonyl (C=O) groups is 1. The van der Waals surface area contributed by atoms with Gasteiger partial charge in [0.2, 0.25) is 0 Å². The molecule has 0 heterocycles. The van der Waals surface area contributed by atoms with Crippen molar-refractivity contribution in [3.8, 4) is 0 Å². The van der Waals surface area contributed by atoms with Gasteiger partial charge in [0, 0.05) is 6.42 Å². The van der Waals surface area contributed by atoms with Gasteiger partial charge in [0.05, 0.1) is 5.54 Å². The predicted molar refractivity (Wildman–Crippen MR) is 56.8 cm³/mol. The van der Waals surface area contributed by atoms with E-state index in [1.165, 1.54) is 0 Å². The van der Waals surface area contributed by atoms with Crippen LogP contribution in [0.15, 0.2) is 0 Å². The zero-order valence-corrected chi connectivity index (χ0v) is 9.82. The minimum absolute atomic E-state index is 0.249. The quantitative estimate of drug-likeness (QED) is 0.728. The molecular formula is C11H23NO. The molecule has 0 atom stereocenters. The fourth-order valence-electron chi connectivity index (χ4n) is 0.940. The summed E-state index contributed by atoms with van der Waals surface area (Å²) in [5, 5.41) is 3.03. The topological polar surface area (TPSA) is 29.1 Å². The van der Waals surface area contributed by atoms with Crippen molar-refractivity contribution in [3.05, 3.63) is 0 Å². The fraction of sp³-hybridized carbons (Fsp3) is 0.909. The number of carbonyl (C=O) groups excluding carboxylic acids is 1. The Morgan fingerprint density at radius 3 is 1.92 bits per heavy atom. The number of nitrogens with one attached hydrogen (secondary N) is 1. The van der Waals surface area contributed by atoms with Crippen molar-refractivity contribution >= 4 is 5.78 Å². The molecule has 0 aliphatic rings. The van der Waals surface area contributed by atoms with Crippen molar-refractivity contribution < 1.29 is 4.79 Å². The summed E-state index contributed by atoms with van der Waals surface area (Å²) >= 11 is 0. The molecule has 0 aliphatic heterocycles. The molecule has 2 heteroatoms. The Morgan fingerprint density at radius 2 is 1.62 bits per heavy atom. The van der Waals surface area contributed by atoms with Crippen LogP contribution in [0, 0.1) is 5.41 Å². The Bertz CT molecular complexity index is 177. The van der Waals surface area contributed by atoms with Gasteiger partial charge in [-0.05, 0) is 32.7 Å². The molecule has 1 N–H and O–H groups in total. The summed E-state index contributed by atoms with van der Waals surface area (Å²) < 4.78 is 0. The van der Waals surface area contributed by atoms with E-state index in [2.05, 4.69) is 26.1 Å². The number of hydrogen-bond acceptors (Lipinski definition) is 2. The molecule has 0 aromatic rings. The van der Waals surface area contributed by atoms with E-state index >= 15 is 0 Å². The Labute approximate surface area is 82.1 Å². The van der Waals surface area contributed by atoms with Gasteiger partial charge in [-0.25, -0.2) is 0 Å². The van der Waals surface area contributed by atoms with Gasteiger partial charge < -0.3 is 5.32 Å². The van der Waals surface area contributed by atoms with E-state index in [1.54, 1.807) is 0 Å². The molecule has 0 unspecified atom stereocenters. The third-order valence-electron chi connectivity index (χ3n) is 2.42. The zero-order valence-electron chi connectivity index (χ0n) is 9.82. The summed E-state index contributed by atoms with van der Waals surface area (Å²) in [5.41, 5.74) is -0.120. The van der Waals surface area contributed by atoms with Crippen LogP contribution in [0.4, 0.5) is 0 Å². The minimum Gasteiger partial charge on any atom is -0.308 e. The van der Waals surface area contributed by atoms with Gasteiger partial charge in [-0.1, -0.05) is 20.8 Å². The summed E-state index contributed by atoms with van der Waals surface area (Å²) in [6.45, 7) is 10.3. The normalized spacial score (nSPS) is 13.1. The van der Waals surface area contributed by atoms with Gasteiger partial charge >= 0.3 is 0 Å². The van der Waals surface area contributed by atoms with Gasteiger partial charge in [-0.15, -0.1) is 0 Å². The molecule has 0 aliphatic carbocycles. The van der Waals surface area contributed by atoms with Crippen LogP contribution in [0.1, 0.15) is 47.5 Å². The Morgan fingerprint density at radius 1 is 1.15 bits per heavy atom. The first-order chi connectivity index (χ1) is 5.69. The standard InChI is InChI=1S/C11H23NO/c1-10(2,3)8-7-9(13)11(4,5)12-6/h12H,7-8H2,1-6H3. The molecule has 0 bridgehead atoms. The molecule has 78 valence electrons. The number of likely N-dealkylation sites (N-methyl/N-ethyl adjacent to an activating group) is 1. The summed E-state index contributed by atoms with van der Waals surface area (Å²) in [6.07, 6.45) is 1.62. The van der Waals surface area contributed by atoms with Gasteiger partial charge in [0.15, 0.2) is 5.78 Å². The molecule has 0 fully saturated rings. The van der Waals surface area contributed by atoms with Gasteiger partial charge in [0.1, 0.15) is 0 Å². The molecule has 0 saturated carbocycles. The van der Waals surface area contributed by atoms with Gasteiger partial charge in [-0.3, -0.25) is 4.79 Å². The first-order valence-corrected chi connectivity index (χ1v) is 4.91. The van der Waals surface area contributed by atoms with Crippen molar-refractivity contribution in [2.75, 3.05) is 7.05 Å². The molecule has 0 aromatic heterocycles. The van der Waals surface area contributed by atoms with E-state index in [9.17, 15) is 4.79 Å². The highest BCUT2D eigenvalue weighted by molar-refractivity contribution is 5.87. The number of rotatable bonds is 4. The van der Waals surface area contributed by atoms with Crippen LogP contribution < -0.4 is 5.32 Å². The van der Waals surface area contributed by atoms with Crippen LogP contribution in [0.25, 0.3) is 0 Å². The average Bonchev–Trinajstić information content (AvgIpc) is 1.98. The summed E-state index contributed by atoms with van der Waals surface area (Å²) in [7, 11) is 1.83. The minimum atomic E-state index is -0.370. The van der Waals surface area contributed by atoms with Crippen LogP contribution in [0.2, 0.25) is 0 Å². The second-order valence-corrected chi connectivity index (χ2v) is 5.36. The highest BCUT2D eigenvalue weighted by atomic mass is 16.1. The second kappa shape index (κ2) is 4.23. The van der Waals surface area contributed by atoms with Crippen LogP contribution >= 0.6 is 0 Å². The molecule has 0 amide bonds. The summed E-state index contributed by atoms with van der Waals surface area (Å²) in [6, 6.07) is 0. The summed E-state index contributed by atoms with van der Waals surface area (Å²) in [5.74, 6) is 0.296. The first-order valence-electron chi connectivity index (χ1n) is 4.91. The lowest BCUT2D eigenvalue weighted by Crippen LogP contribution is -2.44. The van der Waals surface area contributed by atoms with Gasteiger partial charge in [0.25, 0.3) is 0 Å². The van der Waals surface area contributed by atoms with Crippen molar-refractivity contribution in [3.63, 3.8) is 0 Å². The number of ketones is 1. The average molecular weight is 185 g/mol. The summed E-state index contributed by atoms with van der Waals surface area (Å²) in [4.78, 5) is 11.7. The SMILES string of the molecule is CNC(C)(C)C(=O)CCC(C)(C)C. The number of Topliss-reactive ketones (excluding diaryl/α,β-unsaturated/α-hetero) is 1. The fourth-order valence-corrected chi connectivity index (χ4v) is 0.940. The predicted octanol–water partition coefficient (Wildman–Crippen LogP) is 2.38. The molecule has 0 rings (SSSR count). The lowest BCUT2D eigenvalue weighted by Gasteiger charge is -2.24. The van der Waals surface area contributed by atoms with Gasteiger partial charge in [-0.2, -0.15) is 0 Å². The molecular weight excluding hydrogens is 162 g/mol.